The molecule has 7 nitrogen and oxygen atoms in total. The molecule has 1 N–H and O–H groups in total. The fourth-order valence-corrected chi connectivity index (χ4v) is 4.70. The molecule has 0 unspecified atom stereocenters. The van der Waals surface area contributed by atoms with E-state index in [1.165, 1.54) is 4.68 Å². The number of benzene rings is 2. The second kappa shape index (κ2) is 10.6. The van der Waals surface area contributed by atoms with Crippen LogP contribution in [0.15, 0.2) is 71.7 Å². The summed E-state index contributed by atoms with van der Waals surface area (Å²) in [6.45, 7) is 2.00. The third-order valence-electron chi connectivity index (χ3n) is 6.44. The first-order chi connectivity index (χ1) is 16.1. The van der Waals surface area contributed by atoms with Gasteiger partial charge in [0.2, 0.25) is 5.43 Å². The van der Waals surface area contributed by atoms with Gasteiger partial charge in [-0.05, 0) is 31.0 Å². The molecule has 1 aromatic heterocycles. The van der Waals surface area contributed by atoms with Crippen molar-refractivity contribution in [2.45, 2.75) is 30.8 Å². The summed E-state index contributed by atoms with van der Waals surface area (Å²) in [6.07, 6.45) is 3.44. The summed E-state index contributed by atoms with van der Waals surface area (Å²) in [4.78, 5) is 26.3. The summed E-state index contributed by atoms with van der Waals surface area (Å²) in [6, 6.07) is 20.1. The highest BCUT2D eigenvalue weighted by Crippen LogP contribution is 2.37. The van der Waals surface area contributed by atoms with E-state index in [1.54, 1.807) is 0 Å². The molecule has 33 heavy (non-hydrogen) atoms. The molecular formula is C26H29N3O4. The summed E-state index contributed by atoms with van der Waals surface area (Å²) in [5.41, 5.74) is 1.35. The molecule has 172 valence electrons. The summed E-state index contributed by atoms with van der Waals surface area (Å²) in [5, 5.41) is 14.7. The second-order valence-electron chi connectivity index (χ2n) is 8.45. The van der Waals surface area contributed by atoms with Crippen LogP contribution in [-0.2, 0) is 4.74 Å². The van der Waals surface area contributed by atoms with Crippen LogP contribution in [-0.4, -0.2) is 58.9 Å². The van der Waals surface area contributed by atoms with Crippen LogP contribution in [0, 0.1) is 0 Å². The van der Waals surface area contributed by atoms with Gasteiger partial charge in [-0.15, -0.1) is 0 Å². The van der Waals surface area contributed by atoms with E-state index < -0.39 is 11.2 Å². The van der Waals surface area contributed by atoms with Crippen LogP contribution in [0.2, 0.25) is 0 Å². The molecule has 3 aromatic rings. The number of likely N-dealkylation sites (N-methyl/N-ethyl adjacent to an activating group) is 1. The number of hydrogen-bond acceptors (Lipinski definition) is 6. The lowest BCUT2D eigenvalue weighted by molar-refractivity contribution is 0.0372. The van der Waals surface area contributed by atoms with Crippen LogP contribution in [0.4, 0.5) is 0 Å². The topological polar surface area (TPSA) is 84.7 Å². The number of aromatic nitrogens is 2. The molecule has 1 aliphatic heterocycles. The lowest BCUT2D eigenvalue weighted by atomic mass is 9.84. The van der Waals surface area contributed by atoms with Gasteiger partial charge in [-0.3, -0.25) is 14.3 Å². The summed E-state index contributed by atoms with van der Waals surface area (Å²) >= 11 is 0. The molecule has 0 saturated carbocycles. The average molecular weight is 448 g/mol. The van der Waals surface area contributed by atoms with Crippen LogP contribution in [0.3, 0.4) is 0 Å². The van der Waals surface area contributed by atoms with E-state index in [0.717, 1.165) is 43.4 Å². The molecule has 1 fully saturated rings. The Balaban J connectivity index is 1.85. The average Bonchev–Trinajstić information content (AvgIpc) is 2.87. The van der Waals surface area contributed by atoms with Gasteiger partial charge in [0, 0.05) is 31.7 Å². The minimum absolute atomic E-state index is 0.107. The van der Waals surface area contributed by atoms with Gasteiger partial charge in [0.1, 0.15) is 5.69 Å². The van der Waals surface area contributed by atoms with Gasteiger partial charge in [0.15, 0.2) is 12.0 Å². The first-order valence-electron chi connectivity index (χ1n) is 11.2. The monoisotopic (exact) mass is 447 g/mol. The zero-order valence-electron chi connectivity index (χ0n) is 18.7. The molecular weight excluding hydrogens is 418 g/mol. The zero-order valence-corrected chi connectivity index (χ0v) is 18.7. The normalized spacial score (nSPS) is 15.6. The molecule has 7 heteroatoms. The lowest BCUT2D eigenvalue weighted by Gasteiger charge is -2.37. The van der Waals surface area contributed by atoms with Gasteiger partial charge in [0.05, 0.1) is 12.2 Å². The summed E-state index contributed by atoms with van der Waals surface area (Å²) in [7, 11) is 2.07. The number of nitrogens with zero attached hydrogens (tertiary/aromatic N) is 3. The highest BCUT2D eigenvalue weighted by Gasteiger charge is 2.32. The van der Waals surface area contributed by atoms with Crippen molar-refractivity contribution in [2.75, 3.05) is 26.8 Å². The van der Waals surface area contributed by atoms with Crippen molar-refractivity contribution in [3.8, 4) is 5.75 Å². The van der Waals surface area contributed by atoms with Crippen molar-refractivity contribution < 1.29 is 14.6 Å². The Bertz CT molecular complexity index is 1070. The third-order valence-corrected chi connectivity index (χ3v) is 6.44. The van der Waals surface area contributed by atoms with Crippen molar-refractivity contribution in [3.63, 3.8) is 0 Å². The Morgan fingerprint density at radius 2 is 1.67 bits per heavy atom. The number of rotatable bonds is 8. The quantitative estimate of drug-likeness (QED) is 0.534. The van der Waals surface area contributed by atoms with Crippen molar-refractivity contribution in [1.82, 2.24) is 14.7 Å². The predicted octanol–water partition coefficient (Wildman–Crippen LogP) is 3.25. The molecule has 0 bridgehead atoms. The number of carbonyl (C=O) groups excluding carboxylic acids is 1. The molecule has 1 aliphatic rings. The van der Waals surface area contributed by atoms with Crippen LogP contribution < -0.4 is 5.43 Å². The van der Waals surface area contributed by atoms with Gasteiger partial charge < -0.3 is 14.7 Å². The Morgan fingerprint density at radius 3 is 2.21 bits per heavy atom. The fourth-order valence-electron chi connectivity index (χ4n) is 4.70. The minimum Gasteiger partial charge on any atom is -0.503 e. The first-order valence-corrected chi connectivity index (χ1v) is 11.2. The lowest BCUT2D eigenvalue weighted by Crippen LogP contribution is -2.42. The zero-order chi connectivity index (χ0) is 23.2. The van der Waals surface area contributed by atoms with Crippen LogP contribution in [0.5, 0.6) is 5.75 Å². The Hall–Kier alpha value is -3.29. The van der Waals surface area contributed by atoms with Gasteiger partial charge >= 0.3 is 0 Å². The van der Waals surface area contributed by atoms with E-state index in [2.05, 4.69) is 41.3 Å². The summed E-state index contributed by atoms with van der Waals surface area (Å²) in [5.74, 6) is -0.735. The molecule has 1 atom stereocenters. The Kier molecular flexibility index (Phi) is 7.32. The highest BCUT2D eigenvalue weighted by molar-refractivity contribution is 5.76. The number of ether oxygens (including phenoxy) is 1. The van der Waals surface area contributed by atoms with Gasteiger partial charge in [0.25, 0.3) is 0 Å². The van der Waals surface area contributed by atoms with E-state index in [-0.39, 0.29) is 17.7 Å². The Labute approximate surface area is 193 Å². The Morgan fingerprint density at radius 1 is 1.09 bits per heavy atom. The van der Waals surface area contributed by atoms with Gasteiger partial charge in [-0.1, -0.05) is 60.7 Å². The number of aromatic hydroxyl groups is 1. The third kappa shape index (κ3) is 5.05. The smallest absolute Gasteiger partial charge is 0.242 e. The van der Waals surface area contributed by atoms with Gasteiger partial charge in [-0.25, -0.2) is 0 Å². The van der Waals surface area contributed by atoms with Crippen molar-refractivity contribution in [2.24, 2.45) is 0 Å². The maximum Gasteiger partial charge on any atom is 0.242 e. The number of carbonyl (C=O) groups is 1. The van der Waals surface area contributed by atoms with Crippen LogP contribution >= 0.6 is 0 Å². The van der Waals surface area contributed by atoms with Crippen molar-refractivity contribution in [1.29, 1.82) is 0 Å². The second-order valence-corrected chi connectivity index (χ2v) is 8.45. The van der Waals surface area contributed by atoms with E-state index in [9.17, 15) is 14.7 Å². The van der Waals surface area contributed by atoms with E-state index in [0.29, 0.717) is 18.9 Å². The molecule has 4 rings (SSSR count). The molecule has 0 spiro atoms. The standard InChI is InChI=1S/C26H29N3O4/c1-28(21-12-14-33-15-13-21)17-22(29-23(18-30)26(32)24(31)16-27-29)25(19-8-4-2-5-9-19)20-10-6-3-7-11-20/h2-11,16,18,21-22,25,32H,12-15,17H2,1H3/t22-/m0/s1. The largest absolute Gasteiger partial charge is 0.503 e. The number of aldehydes is 1. The van der Waals surface area contributed by atoms with E-state index in [1.807, 2.05) is 36.4 Å². The van der Waals surface area contributed by atoms with E-state index in [4.69, 9.17) is 4.74 Å². The number of hydrogen-bond donors (Lipinski definition) is 1. The van der Waals surface area contributed by atoms with Gasteiger partial charge in [-0.2, -0.15) is 5.10 Å². The minimum atomic E-state index is -0.666. The molecule has 0 amide bonds. The molecule has 2 heterocycles. The fraction of sp³-hybridized carbons (Fsp3) is 0.346. The van der Waals surface area contributed by atoms with Crippen molar-refractivity contribution >= 4 is 6.29 Å². The van der Waals surface area contributed by atoms with Crippen molar-refractivity contribution in [3.05, 3.63) is 93.9 Å². The maximum atomic E-state index is 12.0. The highest BCUT2D eigenvalue weighted by atomic mass is 16.5. The molecule has 2 aromatic carbocycles. The van der Waals surface area contributed by atoms with E-state index >= 15 is 0 Å². The van der Waals surface area contributed by atoms with Crippen LogP contribution in [0.1, 0.15) is 46.4 Å². The molecule has 0 aliphatic carbocycles. The SMILES string of the molecule is CN(C[C@@H](C(c1ccccc1)c1ccccc1)n1ncc(=O)c(O)c1C=O)C1CCOCC1. The molecule has 1 saturated heterocycles. The first kappa shape index (κ1) is 22.9. The predicted molar refractivity (Wildman–Crippen MR) is 126 cm³/mol. The summed E-state index contributed by atoms with van der Waals surface area (Å²) < 4.78 is 7.05. The van der Waals surface area contributed by atoms with Crippen LogP contribution in [0.25, 0.3) is 0 Å². The molecule has 0 radical (unpaired) electrons. The maximum absolute atomic E-state index is 12.0.